The van der Waals surface area contributed by atoms with E-state index >= 15 is 0 Å². The number of rotatable bonds is 6. The number of carbonyl (C=O) groups excluding carboxylic acids is 1. The minimum absolute atomic E-state index is 0.0286. The average molecular weight is 497 g/mol. The first kappa shape index (κ1) is 23.4. The van der Waals surface area contributed by atoms with Gasteiger partial charge in [0.05, 0.1) is 25.2 Å². The summed E-state index contributed by atoms with van der Waals surface area (Å²) in [7, 11) is 0. The van der Waals surface area contributed by atoms with Gasteiger partial charge in [-0.3, -0.25) is 10.1 Å². The summed E-state index contributed by atoms with van der Waals surface area (Å²) in [6.45, 7) is 3.17. The Morgan fingerprint density at radius 3 is 2.53 bits per heavy atom. The zero-order valence-corrected chi connectivity index (χ0v) is 18.2. The fraction of sp³-hybridized carbons (Fsp3) is 0.650. The molecule has 1 aromatic rings. The summed E-state index contributed by atoms with van der Waals surface area (Å²) >= 11 is 3.20. The Kier molecular flexibility index (Phi) is 7.11. The molecule has 5 nitrogen and oxygen atoms in total. The van der Waals surface area contributed by atoms with Gasteiger partial charge in [-0.25, -0.2) is 4.39 Å². The van der Waals surface area contributed by atoms with Gasteiger partial charge in [-0.05, 0) is 30.0 Å². The second kappa shape index (κ2) is 9.10. The molecule has 0 aromatic heterocycles. The molecule has 2 aliphatic rings. The molecule has 2 N–H and O–H groups in total. The van der Waals surface area contributed by atoms with Gasteiger partial charge in [0.15, 0.2) is 0 Å². The van der Waals surface area contributed by atoms with Crippen molar-refractivity contribution in [1.82, 2.24) is 10.2 Å². The second-order valence-electron chi connectivity index (χ2n) is 8.24. The number of nitrogens with zero attached hydrogens (tertiary/aromatic N) is 1. The van der Waals surface area contributed by atoms with E-state index in [1.54, 1.807) is 13.8 Å². The van der Waals surface area contributed by atoms with Crippen molar-refractivity contribution >= 4 is 21.8 Å². The van der Waals surface area contributed by atoms with Crippen LogP contribution in [0.4, 0.5) is 17.6 Å². The van der Waals surface area contributed by atoms with E-state index in [-0.39, 0.29) is 31.1 Å². The maximum atomic E-state index is 14.3. The number of aliphatic hydroxyl groups excluding tert-OH is 1. The van der Waals surface area contributed by atoms with Gasteiger partial charge in [-0.1, -0.05) is 41.9 Å². The van der Waals surface area contributed by atoms with Gasteiger partial charge in [0, 0.05) is 4.47 Å². The molecule has 10 heteroatoms. The molecule has 0 spiro atoms. The predicted molar refractivity (Wildman–Crippen MR) is 105 cm³/mol. The van der Waals surface area contributed by atoms with Crippen LogP contribution in [0.15, 0.2) is 28.7 Å². The van der Waals surface area contributed by atoms with Crippen molar-refractivity contribution in [3.05, 3.63) is 34.3 Å². The number of ether oxygens (including phenoxy) is 1. The zero-order chi connectivity index (χ0) is 22.2. The SMILES string of the molecule is CC(C)CC(N[C@@H](c1ccc(Br)cc1)C(F)(F)F)C(=O)N1C[C@H](F)[C@H]2OC[C@H](O)[C@H]21. The number of fused-ring (bicyclic) bond motifs is 1. The third-order valence-corrected chi connectivity index (χ3v) is 5.99. The van der Waals surface area contributed by atoms with Gasteiger partial charge in [-0.15, -0.1) is 0 Å². The topological polar surface area (TPSA) is 61.8 Å². The van der Waals surface area contributed by atoms with Gasteiger partial charge in [0.25, 0.3) is 0 Å². The predicted octanol–water partition coefficient (Wildman–Crippen LogP) is 3.37. The van der Waals surface area contributed by atoms with E-state index in [0.29, 0.717) is 4.47 Å². The van der Waals surface area contributed by atoms with Crippen molar-refractivity contribution in [2.45, 2.75) is 62.9 Å². The zero-order valence-electron chi connectivity index (χ0n) is 16.6. The summed E-state index contributed by atoms with van der Waals surface area (Å²) in [6, 6.07) is 1.52. The van der Waals surface area contributed by atoms with Crippen LogP contribution in [0.25, 0.3) is 0 Å². The normalized spacial score (nSPS) is 28.6. The van der Waals surface area contributed by atoms with Crippen LogP contribution in [0.2, 0.25) is 0 Å². The maximum absolute atomic E-state index is 14.3. The Morgan fingerprint density at radius 2 is 1.97 bits per heavy atom. The molecule has 168 valence electrons. The van der Waals surface area contributed by atoms with E-state index in [0.717, 1.165) is 4.90 Å². The number of hydrogen-bond donors (Lipinski definition) is 2. The molecule has 2 aliphatic heterocycles. The molecule has 2 heterocycles. The summed E-state index contributed by atoms with van der Waals surface area (Å²) in [4.78, 5) is 14.4. The number of halogens is 5. The molecule has 30 heavy (non-hydrogen) atoms. The minimum atomic E-state index is -4.64. The van der Waals surface area contributed by atoms with Crippen LogP contribution in [-0.2, 0) is 9.53 Å². The Morgan fingerprint density at radius 1 is 1.33 bits per heavy atom. The van der Waals surface area contributed by atoms with Crippen molar-refractivity contribution in [1.29, 1.82) is 0 Å². The third-order valence-electron chi connectivity index (χ3n) is 5.46. The molecule has 0 bridgehead atoms. The summed E-state index contributed by atoms with van der Waals surface area (Å²) in [6.07, 6.45) is -8.02. The Bertz CT molecular complexity index is 747. The third kappa shape index (κ3) is 4.98. The standard InChI is InChI=1S/C20H25BrF4N2O3/c1-10(2)7-14(19(29)27-8-13(22)17-16(27)15(28)9-30-17)26-18(20(23,24)25)11-3-5-12(21)6-4-11/h3-6,10,13-18,26,28H,7-9H2,1-2H3/t13-,14?,15-,16+,17+,18-/m0/s1. The highest BCUT2D eigenvalue weighted by molar-refractivity contribution is 9.10. The first-order chi connectivity index (χ1) is 14.0. The largest absolute Gasteiger partial charge is 0.407 e. The van der Waals surface area contributed by atoms with Crippen LogP contribution in [0, 0.1) is 5.92 Å². The lowest BCUT2D eigenvalue weighted by Crippen LogP contribution is -2.54. The number of hydrogen-bond acceptors (Lipinski definition) is 4. The van der Waals surface area contributed by atoms with Crippen LogP contribution >= 0.6 is 15.9 Å². The number of likely N-dealkylation sites (tertiary alicyclic amines) is 1. The van der Waals surface area contributed by atoms with Gasteiger partial charge < -0.3 is 14.7 Å². The molecule has 1 unspecified atom stereocenters. The Balaban J connectivity index is 1.87. The highest BCUT2D eigenvalue weighted by Crippen LogP contribution is 2.36. The molecular weight excluding hydrogens is 472 g/mol. The lowest BCUT2D eigenvalue weighted by atomic mass is 9.98. The molecule has 2 fully saturated rings. The van der Waals surface area contributed by atoms with E-state index in [4.69, 9.17) is 4.74 Å². The van der Waals surface area contributed by atoms with Gasteiger partial charge in [-0.2, -0.15) is 13.2 Å². The molecular formula is C20H25BrF4N2O3. The fourth-order valence-corrected chi connectivity index (χ4v) is 4.39. The van der Waals surface area contributed by atoms with Crippen molar-refractivity contribution in [3.8, 4) is 0 Å². The lowest BCUT2D eigenvalue weighted by molar-refractivity contribution is -0.163. The molecule has 3 rings (SSSR count). The summed E-state index contributed by atoms with van der Waals surface area (Å²) in [5, 5.41) is 12.6. The average Bonchev–Trinajstić information content (AvgIpc) is 3.19. The smallest absolute Gasteiger partial charge is 0.388 e. The van der Waals surface area contributed by atoms with Crippen molar-refractivity contribution in [2.24, 2.45) is 5.92 Å². The van der Waals surface area contributed by atoms with E-state index in [1.165, 1.54) is 24.3 Å². The Labute approximate surface area is 180 Å². The van der Waals surface area contributed by atoms with E-state index in [9.17, 15) is 27.5 Å². The van der Waals surface area contributed by atoms with Crippen LogP contribution in [0.1, 0.15) is 31.9 Å². The van der Waals surface area contributed by atoms with E-state index < -0.39 is 48.6 Å². The maximum Gasteiger partial charge on any atom is 0.407 e. The molecule has 0 radical (unpaired) electrons. The van der Waals surface area contributed by atoms with Crippen LogP contribution in [0.3, 0.4) is 0 Å². The van der Waals surface area contributed by atoms with Crippen LogP contribution in [-0.4, -0.2) is 65.7 Å². The van der Waals surface area contributed by atoms with Crippen LogP contribution in [0.5, 0.6) is 0 Å². The highest BCUT2D eigenvalue weighted by Gasteiger charge is 2.54. The molecule has 0 aliphatic carbocycles. The monoisotopic (exact) mass is 496 g/mol. The Hall–Kier alpha value is -1.23. The fourth-order valence-electron chi connectivity index (χ4n) is 4.13. The lowest BCUT2D eigenvalue weighted by Gasteiger charge is -2.33. The quantitative estimate of drug-likeness (QED) is 0.592. The summed E-state index contributed by atoms with van der Waals surface area (Å²) in [5.74, 6) is -0.746. The number of aliphatic hydroxyl groups is 1. The van der Waals surface area contributed by atoms with Crippen molar-refractivity contribution in [3.63, 3.8) is 0 Å². The van der Waals surface area contributed by atoms with Crippen molar-refractivity contribution < 1.29 is 32.2 Å². The summed E-state index contributed by atoms with van der Waals surface area (Å²) < 4.78 is 61.8. The number of carbonyl (C=O) groups is 1. The molecule has 2 saturated heterocycles. The van der Waals surface area contributed by atoms with Gasteiger partial charge in [0.2, 0.25) is 5.91 Å². The van der Waals surface area contributed by atoms with E-state index in [2.05, 4.69) is 21.2 Å². The highest BCUT2D eigenvalue weighted by atomic mass is 79.9. The molecule has 1 aromatic carbocycles. The first-order valence-electron chi connectivity index (χ1n) is 9.81. The summed E-state index contributed by atoms with van der Waals surface area (Å²) in [5.41, 5.74) is -0.0286. The second-order valence-corrected chi connectivity index (χ2v) is 9.15. The number of benzene rings is 1. The van der Waals surface area contributed by atoms with Gasteiger partial charge in [0.1, 0.15) is 24.4 Å². The number of amides is 1. The number of alkyl halides is 4. The number of nitrogens with one attached hydrogen (secondary N) is 1. The molecule has 1 amide bonds. The van der Waals surface area contributed by atoms with Crippen molar-refractivity contribution in [2.75, 3.05) is 13.2 Å². The van der Waals surface area contributed by atoms with Gasteiger partial charge >= 0.3 is 6.18 Å². The molecule has 0 saturated carbocycles. The minimum Gasteiger partial charge on any atom is -0.388 e. The van der Waals surface area contributed by atoms with E-state index in [1.807, 2.05) is 0 Å². The van der Waals surface area contributed by atoms with Crippen LogP contribution < -0.4 is 5.32 Å². The molecule has 6 atom stereocenters. The first-order valence-corrected chi connectivity index (χ1v) is 10.6.